The van der Waals surface area contributed by atoms with Crippen molar-refractivity contribution in [2.45, 2.75) is 79.0 Å². The van der Waals surface area contributed by atoms with E-state index in [4.69, 9.17) is 33.2 Å². The van der Waals surface area contributed by atoms with Gasteiger partial charge in [0, 0.05) is 0 Å². The first-order valence-electron chi connectivity index (χ1n) is 8.48. The van der Waals surface area contributed by atoms with Crippen molar-refractivity contribution in [3.8, 4) is 0 Å². The van der Waals surface area contributed by atoms with Gasteiger partial charge < -0.3 is 0 Å². The molecule has 142 valence electrons. The van der Waals surface area contributed by atoms with Crippen LogP contribution in [-0.4, -0.2) is 5.60 Å². The van der Waals surface area contributed by atoms with Crippen LogP contribution in [0.2, 0.25) is 4.13 Å². The first kappa shape index (κ1) is 22.9. The minimum absolute atomic E-state index is 0.0656. The van der Waals surface area contributed by atoms with Crippen LogP contribution in [0.4, 0.5) is 0 Å². The number of allylic oxidation sites excluding steroid dienone is 4. The fourth-order valence-corrected chi connectivity index (χ4v) is 16.6. The Morgan fingerprint density at radius 1 is 0.958 bits per heavy atom. The van der Waals surface area contributed by atoms with E-state index < -0.39 is 20.1 Å². The van der Waals surface area contributed by atoms with Gasteiger partial charge in [-0.3, -0.25) is 0 Å². The molecule has 5 heteroatoms. The van der Waals surface area contributed by atoms with Crippen LogP contribution in [0.3, 0.4) is 0 Å². The summed E-state index contributed by atoms with van der Waals surface area (Å²) in [5, 5.41) is 0. The SMILES string of the molecule is CC1=CC(C(C)(C)C)[C](C(C)(C)C)([V]([Cl])([Cl])([Cl])[O]C(C)(C)C)C=C1. The molecule has 0 aromatic heterocycles. The van der Waals surface area contributed by atoms with Crippen LogP contribution in [0.15, 0.2) is 23.8 Å². The fourth-order valence-electron chi connectivity index (χ4n) is 3.80. The molecule has 0 fully saturated rings. The predicted octanol–water partition coefficient (Wildman–Crippen LogP) is 8.25. The average Bonchev–Trinajstić information content (AvgIpc) is 2.20. The molecule has 0 aromatic carbocycles. The zero-order chi connectivity index (χ0) is 19.4. The van der Waals surface area contributed by atoms with Gasteiger partial charge in [0.05, 0.1) is 0 Å². The third kappa shape index (κ3) is 4.24. The van der Waals surface area contributed by atoms with Gasteiger partial charge in [-0.2, -0.15) is 0 Å². The Kier molecular flexibility index (Phi) is 5.94. The van der Waals surface area contributed by atoms with Crippen LogP contribution >= 0.6 is 29.5 Å². The van der Waals surface area contributed by atoms with Crippen LogP contribution in [0.25, 0.3) is 0 Å². The van der Waals surface area contributed by atoms with Gasteiger partial charge in [-0.25, -0.2) is 0 Å². The molecular weight excluding hydrogens is 402 g/mol. The molecule has 1 aliphatic carbocycles. The van der Waals surface area contributed by atoms with Crippen molar-refractivity contribution in [2.24, 2.45) is 16.7 Å². The first-order valence-corrected chi connectivity index (χ1v) is 15.5. The Morgan fingerprint density at radius 3 is 1.75 bits per heavy atom. The fraction of sp³-hybridized carbons (Fsp3) is 0.789. The zero-order valence-corrected chi connectivity index (χ0v) is 20.5. The molecule has 0 bridgehead atoms. The number of hydrogen-bond donors (Lipinski definition) is 0. The van der Waals surface area contributed by atoms with E-state index in [1.807, 2.05) is 20.8 Å². The van der Waals surface area contributed by atoms with Gasteiger partial charge in [-0.1, -0.05) is 0 Å². The van der Waals surface area contributed by atoms with Crippen LogP contribution in [0.5, 0.6) is 0 Å². The van der Waals surface area contributed by atoms with Crippen LogP contribution in [-0.2, 0) is 14.0 Å². The van der Waals surface area contributed by atoms with E-state index in [1.165, 1.54) is 5.57 Å². The van der Waals surface area contributed by atoms with Crippen molar-refractivity contribution in [3.63, 3.8) is 0 Å². The molecule has 0 N–H and O–H groups in total. The molecule has 0 heterocycles. The summed E-state index contributed by atoms with van der Waals surface area (Å²) in [5.74, 6) is 0.0656. The maximum atomic E-state index is 7.15. The third-order valence-electron chi connectivity index (χ3n) is 4.63. The summed E-state index contributed by atoms with van der Waals surface area (Å²) >= 11 is 0. The number of hydrogen-bond acceptors (Lipinski definition) is 1. The molecule has 0 saturated heterocycles. The molecule has 1 aliphatic rings. The predicted molar refractivity (Wildman–Crippen MR) is 106 cm³/mol. The van der Waals surface area contributed by atoms with E-state index in [1.54, 1.807) is 0 Å². The third-order valence-corrected chi connectivity index (χ3v) is 13.8. The quantitative estimate of drug-likeness (QED) is 0.424. The summed E-state index contributed by atoms with van der Waals surface area (Å²) < 4.78 is 5.67. The van der Waals surface area contributed by atoms with E-state index in [9.17, 15) is 0 Å². The minimum atomic E-state index is -4.81. The molecule has 0 aliphatic heterocycles. The summed E-state index contributed by atoms with van der Waals surface area (Å²) in [5.41, 5.74) is 0.332. The van der Waals surface area contributed by atoms with E-state index in [0.29, 0.717) is 0 Å². The molecule has 2 atom stereocenters. The van der Waals surface area contributed by atoms with Crippen molar-refractivity contribution >= 4 is 29.5 Å². The Bertz CT molecular complexity index is 550. The van der Waals surface area contributed by atoms with Crippen molar-refractivity contribution in [3.05, 3.63) is 23.8 Å². The molecule has 0 radical (unpaired) electrons. The van der Waals surface area contributed by atoms with Gasteiger partial charge in [-0.15, -0.1) is 0 Å². The second-order valence-corrected chi connectivity index (χ2v) is 24.0. The normalized spacial score (nSPS) is 28.3. The van der Waals surface area contributed by atoms with Crippen molar-refractivity contribution in [2.75, 3.05) is 0 Å². The Balaban J connectivity index is 3.82. The van der Waals surface area contributed by atoms with Gasteiger partial charge in [0.1, 0.15) is 0 Å². The molecule has 0 spiro atoms. The summed E-state index contributed by atoms with van der Waals surface area (Å²) in [6, 6.07) is 0. The summed E-state index contributed by atoms with van der Waals surface area (Å²) in [7, 11) is 16.6. The molecule has 0 saturated carbocycles. The molecular formula is C19H34Cl3OV. The van der Waals surface area contributed by atoms with Crippen molar-refractivity contribution < 1.29 is 14.0 Å². The van der Waals surface area contributed by atoms with Crippen LogP contribution < -0.4 is 0 Å². The van der Waals surface area contributed by atoms with Gasteiger partial charge in [0.25, 0.3) is 0 Å². The van der Waals surface area contributed by atoms with Crippen molar-refractivity contribution in [1.82, 2.24) is 0 Å². The van der Waals surface area contributed by atoms with E-state index in [-0.39, 0.29) is 16.7 Å². The molecule has 24 heavy (non-hydrogen) atoms. The maximum absolute atomic E-state index is 7.15. The monoisotopic (exact) mass is 434 g/mol. The average molecular weight is 436 g/mol. The summed E-state index contributed by atoms with van der Waals surface area (Å²) in [4.78, 5) is 0. The summed E-state index contributed by atoms with van der Waals surface area (Å²) in [6.45, 7) is 21.1. The molecule has 1 nitrogen and oxygen atoms in total. The Labute approximate surface area is 162 Å². The van der Waals surface area contributed by atoms with Crippen LogP contribution in [0, 0.1) is 16.7 Å². The Hall–Kier alpha value is 0.894. The van der Waals surface area contributed by atoms with Gasteiger partial charge >= 0.3 is 163 Å². The second-order valence-electron chi connectivity index (χ2n) is 10.1. The van der Waals surface area contributed by atoms with Crippen molar-refractivity contribution in [1.29, 1.82) is 0 Å². The molecule has 1 rings (SSSR count). The summed E-state index contributed by atoms with van der Waals surface area (Å²) in [6.07, 6.45) is 6.50. The van der Waals surface area contributed by atoms with Gasteiger partial charge in [-0.05, 0) is 0 Å². The van der Waals surface area contributed by atoms with E-state index in [2.05, 4.69) is 66.7 Å². The van der Waals surface area contributed by atoms with Crippen LogP contribution in [0.1, 0.15) is 69.2 Å². The molecule has 2 unspecified atom stereocenters. The van der Waals surface area contributed by atoms with Gasteiger partial charge in [0.15, 0.2) is 0 Å². The topological polar surface area (TPSA) is 9.23 Å². The second kappa shape index (κ2) is 6.21. The van der Waals surface area contributed by atoms with E-state index >= 15 is 0 Å². The Morgan fingerprint density at radius 2 is 1.42 bits per heavy atom. The number of halogens is 3. The molecule has 0 amide bonds. The first-order chi connectivity index (χ1) is 10.2. The number of rotatable bonds is 2. The standard InChI is InChI=1S/C15H25.C4H9O.3ClH.V/c1-11-8-9-12(14(2,3)4)13(10-11)15(5,6)7;1-4(2,3)5;;;;/h8-10,13H,1-7H3;1-3H3;3*1H;/q;-1;;;;+4/p-3. The molecule has 0 aromatic rings. The van der Waals surface area contributed by atoms with Gasteiger partial charge in [0.2, 0.25) is 0 Å². The van der Waals surface area contributed by atoms with E-state index in [0.717, 1.165) is 0 Å². The zero-order valence-electron chi connectivity index (χ0n) is 16.8.